The number of sulfone groups is 1. The van der Waals surface area contributed by atoms with Gasteiger partial charge in [0.05, 0.1) is 22.6 Å². The average molecular weight is 430 g/mol. The Balaban J connectivity index is 1.64. The predicted molar refractivity (Wildman–Crippen MR) is 111 cm³/mol. The summed E-state index contributed by atoms with van der Waals surface area (Å²) in [7, 11) is -1.53. The van der Waals surface area contributed by atoms with Crippen molar-refractivity contribution in [1.29, 1.82) is 0 Å². The van der Waals surface area contributed by atoms with E-state index in [1.165, 1.54) is 17.0 Å². The van der Waals surface area contributed by atoms with E-state index in [9.17, 15) is 22.8 Å². The zero-order valence-corrected chi connectivity index (χ0v) is 17.2. The quantitative estimate of drug-likeness (QED) is 0.694. The van der Waals surface area contributed by atoms with Gasteiger partial charge in [0, 0.05) is 18.8 Å². The second-order valence-electron chi connectivity index (χ2n) is 6.99. The van der Waals surface area contributed by atoms with Crippen LogP contribution in [0.15, 0.2) is 54.6 Å². The second kappa shape index (κ2) is 9.08. The first-order chi connectivity index (χ1) is 14.3. The molecule has 0 radical (unpaired) electrons. The van der Waals surface area contributed by atoms with E-state index in [2.05, 4.69) is 5.32 Å². The van der Waals surface area contributed by atoms with Crippen LogP contribution in [0.25, 0.3) is 0 Å². The standard InChI is InChI=1S/C21H22N2O6S/c1-23(16-7-3-2-4-8-16)20(25)17-9-5-6-10-18(17)21(26)29-13-19(24)22-15-11-12-30(27,28)14-15/h2-10,15H,11-14H2,1H3,(H,22,24)/t15-/m1/s1. The lowest BCUT2D eigenvalue weighted by Gasteiger charge is -2.19. The molecule has 0 saturated carbocycles. The fourth-order valence-electron chi connectivity index (χ4n) is 3.18. The summed E-state index contributed by atoms with van der Waals surface area (Å²) in [6, 6.07) is 14.7. The van der Waals surface area contributed by atoms with Gasteiger partial charge in [-0.05, 0) is 30.7 Å². The lowest BCUT2D eigenvalue weighted by Crippen LogP contribution is -2.38. The van der Waals surface area contributed by atoms with E-state index >= 15 is 0 Å². The Hall–Kier alpha value is -3.20. The second-order valence-corrected chi connectivity index (χ2v) is 9.22. The van der Waals surface area contributed by atoms with Gasteiger partial charge in [0.25, 0.3) is 11.8 Å². The van der Waals surface area contributed by atoms with Gasteiger partial charge in [0.1, 0.15) is 0 Å². The Morgan fingerprint density at radius 1 is 1.03 bits per heavy atom. The molecule has 158 valence electrons. The smallest absolute Gasteiger partial charge is 0.339 e. The minimum Gasteiger partial charge on any atom is -0.452 e. The fraction of sp³-hybridized carbons (Fsp3) is 0.286. The Morgan fingerprint density at radius 2 is 1.67 bits per heavy atom. The number of benzene rings is 2. The number of nitrogens with one attached hydrogen (secondary N) is 1. The number of amides is 2. The molecule has 1 heterocycles. The van der Waals surface area contributed by atoms with Crippen molar-refractivity contribution in [3.8, 4) is 0 Å². The van der Waals surface area contributed by atoms with Crippen molar-refractivity contribution in [3.05, 3.63) is 65.7 Å². The monoisotopic (exact) mass is 430 g/mol. The number of anilines is 1. The summed E-state index contributed by atoms with van der Waals surface area (Å²) < 4.78 is 28.0. The first-order valence-electron chi connectivity index (χ1n) is 9.36. The number of hydrogen-bond acceptors (Lipinski definition) is 6. The molecule has 0 spiro atoms. The number of carbonyl (C=O) groups excluding carboxylic acids is 3. The summed E-state index contributed by atoms with van der Waals surface area (Å²) in [4.78, 5) is 38.8. The maximum atomic E-state index is 12.9. The van der Waals surface area contributed by atoms with Crippen molar-refractivity contribution < 1.29 is 27.5 Å². The molecule has 1 aliphatic heterocycles. The van der Waals surface area contributed by atoms with E-state index in [-0.39, 0.29) is 22.6 Å². The Labute approximate surface area is 174 Å². The highest BCUT2D eigenvalue weighted by atomic mass is 32.2. The highest BCUT2D eigenvalue weighted by Crippen LogP contribution is 2.18. The van der Waals surface area contributed by atoms with Crippen LogP contribution in [0.4, 0.5) is 5.69 Å². The molecule has 2 aromatic carbocycles. The third-order valence-electron chi connectivity index (χ3n) is 4.76. The fourth-order valence-corrected chi connectivity index (χ4v) is 4.86. The lowest BCUT2D eigenvalue weighted by molar-refractivity contribution is -0.124. The molecule has 3 rings (SSSR count). The lowest BCUT2D eigenvalue weighted by atomic mass is 10.1. The first-order valence-corrected chi connectivity index (χ1v) is 11.2. The summed E-state index contributed by atoms with van der Waals surface area (Å²) >= 11 is 0. The van der Waals surface area contributed by atoms with Gasteiger partial charge >= 0.3 is 5.97 Å². The maximum absolute atomic E-state index is 12.9. The molecule has 2 aromatic rings. The van der Waals surface area contributed by atoms with Gasteiger partial charge in [-0.3, -0.25) is 9.59 Å². The molecule has 0 bridgehead atoms. The Bertz CT molecular complexity index is 1050. The number of carbonyl (C=O) groups is 3. The van der Waals surface area contributed by atoms with Gasteiger partial charge < -0.3 is 15.0 Å². The van der Waals surface area contributed by atoms with Gasteiger partial charge in [0.15, 0.2) is 16.4 Å². The molecule has 1 atom stereocenters. The molecule has 1 N–H and O–H groups in total. The SMILES string of the molecule is CN(C(=O)c1ccccc1C(=O)OCC(=O)N[C@@H]1CCS(=O)(=O)C1)c1ccccc1. The van der Waals surface area contributed by atoms with Crippen LogP contribution in [-0.2, 0) is 19.4 Å². The summed E-state index contributed by atoms with van der Waals surface area (Å²) in [5, 5.41) is 2.55. The van der Waals surface area contributed by atoms with Gasteiger partial charge in [0.2, 0.25) is 0 Å². The minimum atomic E-state index is -3.13. The summed E-state index contributed by atoms with van der Waals surface area (Å²) in [6.45, 7) is -0.563. The van der Waals surface area contributed by atoms with Crippen LogP contribution in [0, 0.1) is 0 Å². The molecular formula is C21H22N2O6S. The van der Waals surface area contributed by atoms with E-state index in [0.29, 0.717) is 12.1 Å². The van der Waals surface area contributed by atoms with Crippen LogP contribution in [0.2, 0.25) is 0 Å². The number of nitrogens with zero attached hydrogens (tertiary/aromatic N) is 1. The zero-order valence-electron chi connectivity index (χ0n) is 16.4. The number of rotatable bonds is 6. The molecule has 8 nitrogen and oxygen atoms in total. The largest absolute Gasteiger partial charge is 0.452 e. The molecule has 1 fully saturated rings. The first kappa shape index (κ1) is 21.5. The van der Waals surface area contributed by atoms with Crippen LogP contribution in [0.5, 0.6) is 0 Å². The molecule has 1 saturated heterocycles. The minimum absolute atomic E-state index is 0.0299. The predicted octanol–water partition coefficient (Wildman–Crippen LogP) is 1.42. The molecule has 2 amide bonds. The van der Waals surface area contributed by atoms with Crippen molar-refractivity contribution in [2.45, 2.75) is 12.5 Å². The molecule has 30 heavy (non-hydrogen) atoms. The zero-order chi connectivity index (χ0) is 21.7. The van der Waals surface area contributed by atoms with Crippen LogP contribution in [0.1, 0.15) is 27.1 Å². The average Bonchev–Trinajstić information content (AvgIpc) is 3.09. The van der Waals surface area contributed by atoms with Crippen molar-refractivity contribution in [2.24, 2.45) is 0 Å². The highest BCUT2D eigenvalue weighted by molar-refractivity contribution is 7.91. The Morgan fingerprint density at radius 3 is 2.30 bits per heavy atom. The van der Waals surface area contributed by atoms with Gasteiger partial charge in [-0.2, -0.15) is 0 Å². The topological polar surface area (TPSA) is 110 Å². The van der Waals surface area contributed by atoms with E-state index in [0.717, 1.165) is 0 Å². The molecule has 9 heteroatoms. The van der Waals surface area contributed by atoms with E-state index in [1.54, 1.807) is 43.4 Å². The van der Waals surface area contributed by atoms with Crippen LogP contribution in [-0.4, -0.2) is 57.4 Å². The van der Waals surface area contributed by atoms with Crippen molar-refractivity contribution in [1.82, 2.24) is 5.32 Å². The number of hydrogen-bond donors (Lipinski definition) is 1. The maximum Gasteiger partial charge on any atom is 0.339 e. The number of para-hydroxylation sites is 1. The van der Waals surface area contributed by atoms with Gasteiger partial charge in [-0.25, -0.2) is 13.2 Å². The Kier molecular flexibility index (Phi) is 6.51. The van der Waals surface area contributed by atoms with Crippen LogP contribution < -0.4 is 10.2 Å². The van der Waals surface area contributed by atoms with E-state index in [1.807, 2.05) is 6.07 Å². The van der Waals surface area contributed by atoms with E-state index in [4.69, 9.17) is 4.74 Å². The van der Waals surface area contributed by atoms with Crippen LogP contribution in [0.3, 0.4) is 0 Å². The van der Waals surface area contributed by atoms with Crippen molar-refractivity contribution in [2.75, 3.05) is 30.1 Å². The van der Waals surface area contributed by atoms with Crippen LogP contribution >= 0.6 is 0 Å². The highest BCUT2D eigenvalue weighted by Gasteiger charge is 2.29. The van der Waals surface area contributed by atoms with Gasteiger partial charge in [-0.1, -0.05) is 30.3 Å². The summed E-state index contributed by atoms with van der Waals surface area (Å²) in [5.41, 5.74) is 0.856. The summed E-state index contributed by atoms with van der Waals surface area (Å²) in [6.07, 6.45) is 0.338. The molecule has 1 aliphatic rings. The number of esters is 1. The molecular weight excluding hydrogens is 408 g/mol. The third-order valence-corrected chi connectivity index (χ3v) is 6.53. The van der Waals surface area contributed by atoms with Crippen molar-refractivity contribution in [3.63, 3.8) is 0 Å². The molecule has 0 unspecified atom stereocenters. The molecule has 0 aromatic heterocycles. The molecule has 0 aliphatic carbocycles. The van der Waals surface area contributed by atoms with E-state index < -0.39 is 40.3 Å². The van der Waals surface area contributed by atoms with Gasteiger partial charge in [-0.15, -0.1) is 0 Å². The number of ether oxygens (including phenoxy) is 1. The third kappa shape index (κ3) is 5.24. The summed E-state index contributed by atoms with van der Waals surface area (Å²) in [5.74, 6) is -1.88. The normalized spacial score (nSPS) is 17.2. The van der Waals surface area contributed by atoms with Crippen molar-refractivity contribution >= 4 is 33.3 Å².